The van der Waals surface area contributed by atoms with Gasteiger partial charge in [0.15, 0.2) is 5.65 Å². The molecule has 1 fully saturated rings. The summed E-state index contributed by atoms with van der Waals surface area (Å²) in [4.78, 5) is 15.7. The highest BCUT2D eigenvalue weighted by Gasteiger charge is 2.24. The number of aromatic nitrogens is 5. The zero-order chi connectivity index (χ0) is 22.4. The van der Waals surface area contributed by atoms with E-state index in [1.54, 1.807) is 29.6 Å². The van der Waals surface area contributed by atoms with Crippen molar-refractivity contribution in [2.24, 2.45) is 0 Å². The third kappa shape index (κ3) is 3.81. The van der Waals surface area contributed by atoms with Gasteiger partial charge in [-0.1, -0.05) is 0 Å². The normalized spacial score (nSPS) is 17.4. The number of nitrogens with one attached hydrogen (secondary N) is 1. The zero-order valence-electron chi connectivity index (χ0n) is 17.8. The van der Waals surface area contributed by atoms with Crippen LogP contribution in [0.5, 0.6) is 0 Å². The number of nitrogens with zero attached hydrogens (tertiary/aromatic N) is 6. The van der Waals surface area contributed by atoms with E-state index in [0.29, 0.717) is 71.5 Å². The molecule has 0 amide bonds. The predicted octanol–water partition coefficient (Wildman–Crippen LogP) is 3.13. The number of fused-ring (bicyclic) bond motifs is 2. The Morgan fingerprint density at radius 3 is 2.78 bits per heavy atom. The molecule has 0 radical (unpaired) electrons. The van der Waals surface area contributed by atoms with Crippen molar-refractivity contribution < 1.29 is 13.9 Å². The molecule has 4 heterocycles. The van der Waals surface area contributed by atoms with Gasteiger partial charge in [0.25, 0.3) is 0 Å². The highest BCUT2D eigenvalue weighted by molar-refractivity contribution is 5.78. The van der Waals surface area contributed by atoms with Gasteiger partial charge in [-0.2, -0.15) is 9.61 Å². The molecule has 2 N–H and O–H groups in total. The number of anilines is 2. The van der Waals surface area contributed by atoms with Gasteiger partial charge < -0.3 is 15.3 Å². The molecule has 0 unspecified atom stereocenters. The van der Waals surface area contributed by atoms with Crippen LogP contribution in [0.4, 0.5) is 20.4 Å². The van der Waals surface area contributed by atoms with E-state index in [2.05, 4.69) is 25.4 Å². The largest absolute Gasteiger partial charge is 0.392 e. The Hall–Kier alpha value is -3.40. The first-order valence-electron chi connectivity index (χ1n) is 10.5. The smallest absolute Gasteiger partial charge is 0.160 e. The average Bonchev–Trinajstić information content (AvgIpc) is 3.37. The predicted molar refractivity (Wildman–Crippen MR) is 118 cm³/mol. The quantitative estimate of drug-likeness (QED) is 0.494. The number of halogens is 2. The van der Waals surface area contributed by atoms with E-state index in [1.807, 2.05) is 11.8 Å². The van der Waals surface area contributed by atoms with E-state index in [1.165, 1.54) is 12.1 Å². The zero-order valence-corrected chi connectivity index (χ0v) is 17.8. The lowest BCUT2D eigenvalue weighted by molar-refractivity contribution is 0.208. The fourth-order valence-corrected chi connectivity index (χ4v) is 3.90. The summed E-state index contributed by atoms with van der Waals surface area (Å²) in [5.41, 5.74) is 3.32. The minimum atomic E-state index is -0.877. The Labute approximate surface area is 182 Å². The summed E-state index contributed by atoms with van der Waals surface area (Å²) in [6.07, 6.45) is -0.975. The molecular weight excluding hydrogens is 416 g/mol. The van der Waals surface area contributed by atoms with E-state index in [9.17, 15) is 13.9 Å². The lowest BCUT2D eigenvalue weighted by Crippen LogP contribution is -2.23. The van der Waals surface area contributed by atoms with Gasteiger partial charge in [-0.15, -0.1) is 0 Å². The second-order valence-corrected chi connectivity index (χ2v) is 8.15. The third-order valence-corrected chi connectivity index (χ3v) is 5.49. The minimum Gasteiger partial charge on any atom is -0.392 e. The summed E-state index contributed by atoms with van der Waals surface area (Å²) in [6, 6.07) is 7.87. The molecular formula is C22H23F2N7O. The van der Waals surface area contributed by atoms with Crippen LogP contribution in [0.2, 0.25) is 0 Å². The van der Waals surface area contributed by atoms with Crippen molar-refractivity contribution in [3.8, 4) is 11.4 Å². The summed E-state index contributed by atoms with van der Waals surface area (Å²) in [7, 11) is 0. The highest BCUT2D eigenvalue weighted by atomic mass is 19.1. The van der Waals surface area contributed by atoms with E-state index >= 15 is 0 Å². The molecule has 1 saturated heterocycles. The molecule has 5 rings (SSSR count). The standard InChI is InChI=1S/C22H23F2N7O/c1-12(32)10-25-19-9-20(30-6-5-15(24)11-30)28-21-8-18(29-31(19)21)22-13(2)26-16-4-3-14(23)7-17(16)27-22/h3-4,7-9,12,15,25,32H,5-6,10-11H2,1-2H3/t12-,15-/m1/s1. The molecule has 32 heavy (non-hydrogen) atoms. The first kappa shape index (κ1) is 20.5. The van der Waals surface area contributed by atoms with Crippen LogP contribution >= 0.6 is 0 Å². The van der Waals surface area contributed by atoms with Crippen LogP contribution in [0.25, 0.3) is 28.1 Å². The van der Waals surface area contributed by atoms with Gasteiger partial charge in [-0.05, 0) is 32.4 Å². The highest BCUT2D eigenvalue weighted by Crippen LogP contribution is 2.28. The molecule has 0 bridgehead atoms. The number of hydrogen-bond donors (Lipinski definition) is 2. The van der Waals surface area contributed by atoms with Crippen LogP contribution in [0.3, 0.4) is 0 Å². The van der Waals surface area contributed by atoms with Gasteiger partial charge in [0.05, 0.1) is 29.4 Å². The topological polar surface area (TPSA) is 91.5 Å². The SMILES string of the molecule is Cc1nc2ccc(F)cc2nc1-c1cc2nc(N3CC[C@@H](F)C3)cc(NC[C@@H](C)O)n2n1. The Bertz CT molecular complexity index is 1310. The Morgan fingerprint density at radius 2 is 2.03 bits per heavy atom. The second-order valence-electron chi connectivity index (χ2n) is 8.15. The number of rotatable bonds is 5. The number of aryl methyl sites for hydroxylation is 1. The van der Waals surface area contributed by atoms with Gasteiger partial charge in [0, 0.05) is 31.3 Å². The lowest BCUT2D eigenvalue weighted by Gasteiger charge is -2.18. The molecule has 1 aliphatic heterocycles. The summed E-state index contributed by atoms with van der Waals surface area (Å²) in [6.45, 7) is 4.70. The fraction of sp³-hybridized carbons (Fsp3) is 0.364. The maximum Gasteiger partial charge on any atom is 0.160 e. The van der Waals surface area contributed by atoms with Gasteiger partial charge in [0.2, 0.25) is 0 Å². The number of benzene rings is 1. The average molecular weight is 439 g/mol. The van der Waals surface area contributed by atoms with Gasteiger partial charge in [-0.25, -0.2) is 23.7 Å². The molecule has 0 spiro atoms. The molecule has 4 aromatic rings. The van der Waals surface area contributed by atoms with Crippen LogP contribution in [-0.2, 0) is 0 Å². The van der Waals surface area contributed by atoms with Crippen LogP contribution in [-0.4, -0.2) is 61.6 Å². The van der Waals surface area contributed by atoms with E-state index < -0.39 is 12.3 Å². The van der Waals surface area contributed by atoms with Crippen molar-refractivity contribution in [1.82, 2.24) is 24.6 Å². The molecule has 10 heteroatoms. The van der Waals surface area contributed by atoms with Crippen molar-refractivity contribution in [1.29, 1.82) is 0 Å². The fourth-order valence-electron chi connectivity index (χ4n) is 3.90. The first-order chi connectivity index (χ1) is 15.4. The summed E-state index contributed by atoms with van der Waals surface area (Å²) in [5.74, 6) is 0.877. The van der Waals surface area contributed by atoms with Crippen molar-refractivity contribution in [2.45, 2.75) is 32.5 Å². The molecule has 166 valence electrons. The molecule has 1 aliphatic rings. The number of aliphatic hydroxyl groups excluding tert-OH is 1. The van der Waals surface area contributed by atoms with Crippen LogP contribution in [0, 0.1) is 12.7 Å². The molecule has 3 aromatic heterocycles. The van der Waals surface area contributed by atoms with Gasteiger partial charge in [0.1, 0.15) is 35.0 Å². The number of hydrogen-bond acceptors (Lipinski definition) is 7. The van der Waals surface area contributed by atoms with Crippen LogP contribution in [0.15, 0.2) is 30.3 Å². The van der Waals surface area contributed by atoms with Crippen molar-refractivity contribution in [3.63, 3.8) is 0 Å². The van der Waals surface area contributed by atoms with Gasteiger partial charge in [-0.3, -0.25) is 0 Å². The van der Waals surface area contributed by atoms with Crippen LogP contribution in [0.1, 0.15) is 19.0 Å². The third-order valence-electron chi connectivity index (χ3n) is 5.49. The number of alkyl halides is 1. The Balaban J connectivity index is 1.62. The van der Waals surface area contributed by atoms with Crippen LogP contribution < -0.4 is 10.2 Å². The summed E-state index contributed by atoms with van der Waals surface area (Å²) >= 11 is 0. The first-order valence-corrected chi connectivity index (χ1v) is 10.5. The van der Waals surface area contributed by atoms with Crippen molar-refractivity contribution >= 4 is 28.3 Å². The maximum atomic E-state index is 13.8. The number of aliphatic hydroxyl groups is 1. The van der Waals surface area contributed by atoms with E-state index in [0.717, 1.165) is 0 Å². The molecule has 8 nitrogen and oxygen atoms in total. The van der Waals surface area contributed by atoms with E-state index in [4.69, 9.17) is 0 Å². The van der Waals surface area contributed by atoms with E-state index in [-0.39, 0.29) is 5.82 Å². The minimum absolute atomic E-state index is 0.292. The molecule has 1 aromatic carbocycles. The molecule has 2 atom stereocenters. The maximum absolute atomic E-state index is 13.8. The molecule has 0 aliphatic carbocycles. The Morgan fingerprint density at radius 1 is 1.19 bits per heavy atom. The lowest BCUT2D eigenvalue weighted by atomic mass is 10.2. The second kappa shape index (κ2) is 7.94. The van der Waals surface area contributed by atoms with Crippen molar-refractivity contribution in [2.75, 3.05) is 29.9 Å². The summed E-state index contributed by atoms with van der Waals surface area (Å²) in [5, 5.41) is 17.6. The summed E-state index contributed by atoms with van der Waals surface area (Å²) < 4.78 is 29.1. The Kier molecular flexibility index (Phi) is 5.09. The monoisotopic (exact) mass is 439 g/mol. The molecule has 0 saturated carbocycles. The van der Waals surface area contributed by atoms with Crippen molar-refractivity contribution in [3.05, 3.63) is 41.8 Å². The van der Waals surface area contributed by atoms with Gasteiger partial charge >= 0.3 is 0 Å².